The van der Waals surface area contributed by atoms with Gasteiger partial charge in [-0.3, -0.25) is 14.4 Å². The Morgan fingerprint density at radius 2 is 1.40 bits per heavy atom. The number of rotatable bonds is 14. The maximum absolute atomic E-state index is 13.9. The van der Waals surface area contributed by atoms with E-state index in [0.717, 1.165) is 0 Å². The van der Waals surface area contributed by atoms with E-state index in [-0.39, 0.29) is 22.0 Å². The lowest BCUT2D eigenvalue weighted by Crippen LogP contribution is -2.30. The molecule has 0 aromatic heterocycles. The summed E-state index contributed by atoms with van der Waals surface area (Å²) in [5.74, 6) is -1.67. The molecule has 0 bridgehead atoms. The minimum absolute atomic E-state index is 0.0318. The van der Waals surface area contributed by atoms with Crippen molar-refractivity contribution >= 4 is 64.5 Å². The van der Waals surface area contributed by atoms with Crippen LogP contribution in [0.5, 0.6) is 17.2 Å². The van der Waals surface area contributed by atoms with Crippen LogP contribution in [0.4, 0.5) is 11.4 Å². The molecule has 0 saturated carbocycles. The summed E-state index contributed by atoms with van der Waals surface area (Å²) in [4.78, 5) is 53.1. The van der Waals surface area contributed by atoms with Crippen molar-refractivity contribution in [3.05, 3.63) is 148 Å². The normalized spacial score (nSPS) is 11.5. The predicted molar refractivity (Wildman–Crippen MR) is 205 cm³/mol. The first kappa shape index (κ1) is 38.0. The van der Waals surface area contributed by atoms with Crippen molar-refractivity contribution in [3.63, 3.8) is 0 Å². The molecule has 1 atom stereocenters. The Kier molecular flexibility index (Phi) is 12.8. The molecule has 11 nitrogen and oxygen atoms in total. The van der Waals surface area contributed by atoms with Gasteiger partial charge in [0.05, 0.1) is 37.6 Å². The quantitative estimate of drug-likeness (QED) is 0.0655. The molecule has 0 fully saturated rings. The van der Waals surface area contributed by atoms with Gasteiger partial charge in [-0.15, -0.1) is 11.8 Å². The molecule has 3 amide bonds. The second-order valence-corrected chi connectivity index (χ2v) is 12.8. The highest BCUT2D eigenvalue weighted by atomic mass is 35.5. The van der Waals surface area contributed by atoms with Gasteiger partial charge in [-0.25, -0.2) is 4.79 Å². The number of ether oxygens (including phenoxy) is 3. The number of amides is 3. The van der Waals surface area contributed by atoms with Crippen LogP contribution in [0, 0.1) is 0 Å². The SMILES string of the molecule is COc1cc(/C=C(/NC(=O)c2ccccc2)C(=O)Nc2cccc(SC(C(=O)Nc3cc(C(=O)O)ccc3Cl)c3ccccc3)c2)cc(OC)c1OC. The first-order chi connectivity index (χ1) is 25.6. The smallest absolute Gasteiger partial charge is 0.335 e. The standard InChI is InChI=1S/C40H34ClN3O8S/c1-50-33-20-24(21-34(51-2)35(33)52-3)19-32(44-37(45)26-13-8-5-9-14-26)38(46)42-28-15-10-16-29(23-28)53-36(25-11-6-4-7-12-25)39(47)43-31-22-27(40(48)49)17-18-30(31)41/h4-23,36H,1-3H3,(H,42,46)(H,43,47)(H,44,45)(H,48,49)/b32-19+. The number of carbonyl (C=O) groups excluding carboxylic acids is 3. The monoisotopic (exact) mass is 751 g/mol. The first-order valence-corrected chi connectivity index (χ1v) is 17.2. The number of benzene rings is 5. The summed E-state index contributed by atoms with van der Waals surface area (Å²) in [5, 5.41) is 17.2. The lowest BCUT2D eigenvalue weighted by molar-refractivity contribution is -0.116. The van der Waals surface area contributed by atoms with Crippen molar-refractivity contribution in [2.75, 3.05) is 32.0 Å². The lowest BCUT2D eigenvalue weighted by Gasteiger charge is -2.18. The van der Waals surface area contributed by atoms with Crippen LogP contribution in [0.25, 0.3) is 6.08 Å². The van der Waals surface area contributed by atoms with Gasteiger partial charge in [0.15, 0.2) is 11.5 Å². The summed E-state index contributed by atoms with van der Waals surface area (Å²) < 4.78 is 16.4. The highest BCUT2D eigenvalue weighted by Gasteiger charge is 2.24. The summed E-state index contributed by atoms with van der Waals surface area (Å²) >= 11 is 7.52. The van der Waals surface area contributed by atoms with E-state index < -0.39 is 28.9 Å². The third kappa shape index (κ3) is 9.76. The predicted octanol–water partition coefficient (Wildman–Crippen LogP) is 7.95. The van der Waals surface area contributed by atoms with Crippen LogP contribution < -0.4 is 30.2 Å². The molecular weight excluding hydrogens is 718 g/mol. The van der Waals surface area contributed by atoms with E-state index in [9.17, 15) is 24.3 Å². The Hall–Kier alpha value is -6.24. The van der Waals surface area contributed by atoms with Gasteiger partial charge in [0.25, 0.3) is 11.8 Å². The first-order valence-electron chi connectivity index (χ1n) is 15.9. The molecule has 0 saturated heterocycles. The molecule has 13 heteroatoms. The number of anilines is 2. The fraction of sp³-hybridized carbons (Fsp3) is 0.100. The van der Waals surface area contributed by atoms with Gasteiger partial charge in [-0.05, 0) is 77.9 Å². The second kappa shape index (κ2) is 17.8. The number of carbonyl (C=O) groups is 4. The number of hydrogen-bond acceptors (Lipinski definition) is 8. The van der Waals surface area contributed by atoms with Gasteiger partial charge < -0.3 is 35.3 Å². The van der Waals surface area contributed by atoms with Gasteiger partial charge in [-0.1, -0.05) is 66.2 Å². The third-order valence-electron chi connectivity index (χ3n) is 7.68. The zero-order valence-corrected chi connectivity index (χ0v) is 30.3. The van der Waals surface area contributed by atoms with Crippen LogP contribution in [-0.2, 0) is 9.59 Å². The lowest BCUT2D eigenvalue weighted by atomic mass is 10.1. The topological polar surface area (TPSA) is 152 Å². The van der Waals surface area contributed by atoms with Gasteiger partial charge in [-0.2, -0.15) is 0 Å². The Morgan fingerprint density at radius 3 is 2.02 bits per heavy atom. The average Bonchev–Trinajstić information content (AvgIpc) is 3.17. The Labute approximate surface area is 314 Å². The van der Waals surface area contributed by atoms with Crippen molar-refractivity contribution in [2.45, 2.75) is 10.1 Å². The van der Waals surface area contributed by atoms with E-state index in [1.165, 1.54) is 57.4 Å². The highest BCUT2D eigenvalue weighted by molar-refractivity contribution is 8.00. The molecule has 5 rings (SSSR count). The molecule has 1 unspecified atom stereocenters. The fourth-order valence-electron chi connectivity index (χ4n) is 5.13. The summed E-state index contributed by atoms with van der Waals surface area (Å²) in [6.07, 6.45) is 1.49. The van der Waals surface area contributed by atoms with Gasteiger partial charge in [0.1, 0.15) is 10.9 Å². The molecule has 53 heavy (non-hydrogen) atoms. The number of halogens is 1. The Morgan fingerprint density at radius 1 is 0.736 bits per heavy atom. The molecule has 0 aliphatic heterocycles. The molecule has 5 aromatic rings. The minimum Gasteiger partial charge on any atom is -0.493 e. The van der Waals surface area contributed by atoms with E-state index in [0.29, 0.717) is 44.5 Å². The summed E-state index contributed by atoms with van der Waals surface area (Å²) in [5.41, 5.74) is 1.93. The van der Waals surface area contributed by atoms with Gasteiger partial charge >= 0.3 is 5.97 Å². The van der Waals surface area contributed by atoms with E-state index in [4.69, 9.17) is 25.8 Å². The number of carboxylic acid groups (broad SMARTS) is 1. The zero-order valence-electron chi connectivity index (χ0n) is 28.7. The minimum atomic E-state index is -1.16. The largest absolute Gasteiger partial charge is 0.493 e. The molecular formula is C40H34ClN3O8S. The van der Waals surface area contributed by atoms with Gasteiger partial charge in [0, 0.05) is 16.1 Å². The van der Waals surface area contributed by atoms with E-state index in [1.807, 2.05) is 6.07 Å². The van der Waals surface area contributed by atoms with E-state index in [1.54, 1.807) is 91.0 Å². The van der Waals surface area contributed by atoms with Crippen molar-refractivity contribution in [3.8, 4) is 17.2 Å². The van der Waals surface area contributed by atoms with Crippen LogP contribution in [0.2, 0.25) is 5.02 Å². The maximum Gasteiger partial charge on any atom is 0.335 e. The molecule has 0 spiro atoms. The van der Waals surface area contributed by atoms with E-state index in [2.05, 4.69) is 16.0 Å². The van der Waals surface area contributed by atoms with Crippen molar-refractivity contribution < 1.29 is 38.5 Å². The fourth-order valence-corrected chi connectivity index (χ4v) is 6.38. The summed E-state index contributed by atoms with van der Waals surface area (Å²) in [6, 6.07) is 31.7. The number of hydrogen-bond donors (Lipinski definition) is 4. The molecule has 5 aromatic carbocycles. The molecule has 0 heterocycles. The number of methoxy groups -OCH3 is 3. The molecule has 0 aliphatic carbocycles. The van der Waals surface area contributed by atoms with Gasteiger partial charge in [0.2, 0.25) is 11.7 Å². The van der Waals surface area contributed by atoms with Crippen LogP contribution >= 0.6 is 23.4 Å². The second-order valence-electron chi connectivity index (χ2n) is 11.2. The van der Waals surface area contributed by atoms with E-state index >= 15 is 0 Å². The van der Waals surface area contributed by atoms with Crippen LogP contribution in [0.3, 0.4) is 0 Å². The van der Waals surface area contributed by atoms with Crippen LogP contribution in [-0.4, -0.2) is 50.1 Å². The van der Waals surface area contributed by atoms with Crippen molar-refractivity contribution in [2.24, 2.45) is 0 Å². The Balaban J connectivity index is 1.44. The average molecular weight is 752 g/mol. The maximum atomic E-state index is 13.9. The molecule has 0 radical (unpaired) electrons. The highest BCUT2D eigenvalue weighted by Crippen LogP contribution is 2.40. The van der Waals surface area contributed by atoms with Crippen LogP contribution in [0.15, 0.2) is 126 Å². The van der Waals surface area contributed by atoms with Crippen molar-refractivity contribution in [1.29, 1.82) is 0 Å². The number of aromatic carboxylic acids is 1. The van der Waals surface area contributed by atoms with Crippen LogP contribution in [0.1, 0.15) is 37.1 Å². The zero-order chi connectivity index (χ0) is 37.9. The number of nitrogens with one attached hydrogen (secondary N) is 3. The molecule has 270 valence electrons. The van der Waals surface area contributed by atoms with Crippen molar-refractivity contribution in [1.82, 2.24) is 5.32 Å². The third-order valence-corrected chi connectivity index (χ3v) is 9.26. The number of thioether (sulfide) groups is 1. The summed E-state index contributed by atoms with van der Waals surface area (Å²) in [7, 11) is 4.42. The molecule has 0 aliphatic rings. The number of carboxylic acids is 1. The Bertz CT molecular complexity index is 2140. The summed E-state index contributed by atoms with van der Waals surface area (Å²) in [6.45, 7) is 0. The molecule has 4 N–H and O–H groups in total.